The summed E-state index contributed by atoms with van der Waals surface area (Å²) in [6, 6.07) is 0.480. The smallest absolute Gasteiger partial charge is 0.191 e. The zero-order valence-electron chi connectivity index (χ0n) is 17.5. The van der Waals surface area contributed by atoms with E-state index in [1.165, 1.54) is 23.0 Å². The van der Waals surface area contributed by atoms with Crippen LogP contribution in [0.2, 0.25) is 0 Å². The Kier molecular flexibility index (Phi) is 11.7. The van der Waals surface area contributed by atoms with E-state index in [0.717, 1.165) is 57.3 Å². The van der Waals surface area contributed by atoms with Gasteiger partial charge in [-0.3, -0.25) is 9.89 Å². The Hall–Kier alpha value is -0.450. The number of aliphatic imine (C=N–C) groups is 1. The van der Waals surface area contributed by atoms with Crippen molar-refractivity contribution in [1.29, 1.82) is 0 Å². The molecule has 1 fully saturated rings. The number of aromatic nitrogens is 1. The van der Waals surface area contributed by atoms with Crippen LogP contribution in [0.1, 0.15) is 36.3 Å². The third-order valence-corrected chi connectivity index (χ3v) is 6.17. The molecule has 0 bridgehead atoms. The van der Waals surface area contributed by atoms with Crippen LogP contribution < -0.4 is 10.6 Å². The Morgan fingerprint density at radius 2 is 1.89 bits per heavy atom. The minimum atomic E-state index is 0. The second kappa shape index (κ2) is 12.9. The van der Waals surface area contributed by atoms with Crippen molar-refractivity contribution in [3.05, 3.63) is 15.6 Å². The van der Waals surface area contributed by atoms with Gasteiger partial charge in [-0.2, -0.15) is 0 Å². The van der Waals surface area contributed by atoms with E-state index in [1.807, 2.05) is 0 Å². The lowest BCUT2D eigenvalue weighted by Gasteiger charge is -2.37. The number of halogens is 1. The summed E-state index contributed by atoms with van der Waals surface area (Å²) < 4.78 is 0. The number of aryl methyl sites for hydroxylation is 2. The van der Waals surface area contributed by atoms with Gasteiger partial charge < -0.3 is 15.5 Å². The molecule has 27 heavy (non-hydrogen) atoms. The molecule has 156 valence electrons. The molecule has 1 aromatic heterocycles. The topological polar surface area (TPSA) is 55.8 Å². The van der Waals surface area contributed by atoms with Crippen LogP contribution >= 0.6 is 35.3 Å². The fourth-order valence-electron chi connectivity index (χ4n) is 3.13. The summed E-state index contributed by atoms with van der Waals surface area (Å²) in [4.78, 5) is 15.8. The maximum Gasteiger partial charge on any atom is 0.191 e. The first-order valence-corrected chi connectivity index (χ1v) is 10.8. The Bertz CT molecular complexity index is 549. The van der Waals surface area contributed by atoms with E-state index in [1.54, 1.807) is 11.3 Å². The van der Waals surface area contributed by atoms with Crippen molar-refractivity contribution in [2.75, 3.05) is 52.4 Å². The Morgan fingerprint density at radius 1 is 1.19 bits per heavy atom. The summed E-state index contributed by atoms with van der Waals surface area (Å²) >= 11 is 1.80. The molecule has 6 nitrogen and oxygen atoms in total. The van der Waals surface area contributed by atoms with Crippen LogP contribution in [0.3, 0.4) is 0 Å². The predicted octanol–water partition coefficient (Wildman–Crippen LogP) is 2.50. The predicted molar refractivity (Wildman–Crippen MR) is 128 cm³/mol. The molecule has 1 aromatic rings. The highest BCUT2D eigenvalue weighted by atomic mass is 127. The second-order valence-corrected chi connectivity index (χ2v) is 8.25. The number of guanidine groups is 1. The molecule has 2 heterocycles. The van der Waals surface area contributed by atoms with Crippen LogP contribution in [0.4, 0.5) is 0 Å². The lowest BCUT2D eigenvalue weighted by molar-refractivity contribution is 0.109. The number of likely N-dealkylation sites (N-methyl/N-ethyl adjacent to an activating group) is 1. The number of rotatable bonds is 8. The van der Waals surface area contributed by atoms with E-state index >= 15 is 0 Å². The van der Waals surface area contributed by atoms with Crippen molar-refractivity contribution in [2.45, 2.75) is 47.1 Å². The Balaban J connectivity index is 0.00000364. The first kappa shape index (κ1) is 24.6. The monoisotopic (exact) mass is 508 g/mol. The maximum absolute atomic E-state index is 4.80. The zero-order chi connectivity index (χ0) is 18.9. The quantitative estimate of drug-likeness (QED) is 0.321. The van der Waals surface area contributed by atoms with Crippen molar-refractivity contribution in [3.8, 4) is 0 Å². The van der Waals surface area contributed by atoms with Crippen LogP contribution in [0, 0.1) is 13.8 Å². The first-order chi connectivity index (χ1) is 12.5. The van der Waals surface area contributed by atoms with Crippen LogP contribution in [0.15, 0.2) is 4.99 Å². The standard InChI is InChI=1S/C19H36N6S.HI/c1-6-20-19(21-9-8-18-23-16(4)17(5)26-18)22-14-15(3)25-12-10-24(7-2)11-13-25;/h15H,6-14H2,1-5H3,(H2,20,21,22);1H. The van der Waals surface area contributed by atoms with E-state index in [-0.39, 0.29) is 24.0 Å². The van der Waals surface area contributed by atoms with Gasteiger partial charge in [-0.15, -0.1) is 35.3 Å². The maximum atomic E-state index is 4.80. The fourth-order valence-corrected chi connectivity index (χ4v) is 4.07. The molecule has 0 radical (unpaired) electrons. The minimum Gasteiger partial charge on any atom is -0.357 e. The highest BCUT2D eigenvalue weighted by Crippen LogP contribution is 2.16. The molecule has 0 saturated carbocycles. The van der Waals surface area contributed by atoms with E-state index in [2.05, 4.69) is 60.0 Å². The van der Waals surface area contributed by atoms with E-state index in [4.69, 9.17) is 4.99 Å². The summed E-state index contributed by atoms with van der Waals surface area (Å²) in [5, 5.41) is 8.01. The van der Waals surface area contributed by atoms with Gasteiger partial charge in [-0.05, 0) is 34.2 Å². The number of nitrogens with one attached hydrogen (secondary N) is 2. The molecule has 1 aliphatic rings. The van der Waals surface area contributed by atoms with E-state index in [0.29, 0.717) is 6.04 Å². The summed E-state index contributed by atoms with van der Waals surface area (Å²) in [7, 11) is 0. The summed E-state index contributed by atoms with van der Waals surface area (Å²) in [6.45, 7) is 19.2. The van der Waals surface area contributed by atoms with Crippen molar-refractivity contribution < 1.29 is 0 Å². The SMILES string of the molecule is CCNC(=NCC(C)N1CCN(CC)CC1)NCCc1nc(C)c(C)s1.I. The summed E-state index contributed by atoms with van der Waals surface area (Å²) in [5.74, 6) is 0.913. The number of piperazine rings is 1. The molecule has 0 amide bonds. The molecular weight excluding hydrogens is 471 g/mol. The highest BCUT2D eigenvalue weighted by Gasteiger charge is 2.19. The largest absolute Gasteiger partial charge is 0.357 e. The van der Waals surface area contributed by atoms with Crippen LogP contribution in [0.5, 0.6) is 0 Å². The van der Waals surface area contributed by atoms with Crippen molar-refractivity contribution in [1.82, 2.24) is 25.4 Å². The zero-order valence-corrected chi connectivity index (χ0v) is 20.7. The van der Waals surface area contributed by atoms with Crippen LogP contribution in [-0.4, -0.2) is 79.1 Å². The third-order valence-electron chi connectivity index (χ3n) is 5.04. The second-order valence-electron chi connectivity index (χ2n) is 6.96. The molecule has 2 rings (SSSR count). The fraction of sp³-hybridized carbons (Fsp3) is 0.789. The lowest BCUT2D eigenvalue weighted by Crippen LogP contribution is -2.50. The van der Waals surface area contributed by atoms with E-state index < -0.39 is 0 Å². The average Bonchev–Trinajstić information content (AvgIpc) is 2.97. The molecule has 1 unspecified atom stereocenters. The summed E-state index contributed by atoms with van der Waals surface area (Å²) in [6.07, 6.45) is 0.943. The summed E-state index contributed by atoms with van der Waals surface area (Å²) in [5.41, 5.74) is 1.16. The molecule has 2 N–H and O–H groups in total. The number of hydrogen-bond donors (Lipinski definition) is 2. The molecule has 1 atom stereocenters. The van der Waals surface area contributed by atoms with Crippen molar-refractivity contribution in [3.63, 3.8) is 0 Å². The van der Waals surface area contributed by atoms with Gasteiger partial charge in [-0.25, -0.2) is 4.98 Å². The van der Waals surface area contributed by atoms with E-state index in [9.17, 15) is 0 Å². The molecule has 1 saturated heterocycles. The first-order valence-electron chi connectivity index (χ1n) is 9.95. The third kappa shape index (κ3) is 8.21. The van der Waals surface area contributed by atoms with Gasteiger partial charge in [0.05, 0.1) is 17.2 Å². The van der Waals surface area contributed by atoms with Gasteiger partial charge >= 0.3 is 0 Å². The van der Waals surface area contributed by atoms with Crippen LogP contribution in [-0.2, 0) is 6.42 Å². The van der Waals surface area contributed by atoms with Crippen molar-refractivity contribution >= 4 is 41.3 Å². The number of nitrogens with zero attached hydrogens (tertiary/aromatic N) is 4. The molecule has 1 aliphatic heterocycles. The average molecular weight is 509 g/mol. The lowest BCUT2D eigenvalue weighted by atomic mass is 10.2. The Morgan fingerprint density at radius 3 is 2.44 bits per heavy atom. The van der Waals surface area contributed by atoms with Gasteiger partial charge in [0.1, 0.15) is 0 Å². The van der Waals surface area contributed by atoms with Crippen LogP contribution in [0.25, 0.3) is 0 Å². The number of thiazole rings is 1. The molecular formula is C19H37IN6S. The molecule has 0 aliphatic carbocycles. The molecule has 8 heteroatoms. The van der Waals surface area contributed by atoms with Gasteiger partial charge in [0.25, 0.3) is 0 Å². The van der Waals surface area contributed by atoms with Gasteiger partial charge in [0, 0.05) is 56.6 Å². The Labute approximate surface area is 186 Å². The molecule has 0 aromatic carbocycles. The highest BCUT2D eigenvalue weighted by molar-refractivity contribution is 14.0. The molecule has 0 spiro atoms. The van der Waals surface area contributed by atoms with Gasteiger partial charge in [-0.1, -0.05) is 6.92 Å². The number of hydrogen-bond acceptors (Lipinski definition) is 5. The van der Waals surface area contributed by atoms with Crippen molar-refractivity contribution in [2.24, 2.45) is 4.99 Å². The van der Waals surface area contributed by atoms with Gasteiger partial charge in [0.15, 0.2) is 5.96 Å². The normalized spacial score (nSPS) is 17.4. The minimum absolute atomic E-state index is 0. The van der Waals surface area contributed by atoms with Gasteiger partial charge in [0.2, 0.25) is 0 Å².